The molecule has 2 fully saturated rings. The van der Waals surface area contributed by atoms with Crippen LogP contribution >= 0.6 is 23.2 Å². The summed E-state index contributed by atoms with van der Waals surface area (Å²) in [5, 5.41) is 96.2. The highest BCUT2D eigenvalue weighted by Gasteiger charge is 2.46. The van der Waals surface area contributed by atoms with E-state index in [4.69, 9.17) is 52.4 Å². The second-order valence-electron chi connectivity index (χ2n) is 12.3. The second-order valence-corrected chi connectivity index (χ2v) is 13.1. The van der Waals surface area contributed by atoms with Crippen LogP contribution in [0.1, 0.15) is 41.4 Å². The molecule has 20 nitrogen and oxygen atoms in total. The number of rotatable bonds is 8. The molecule has 0 amide bonds. The van der Waals surface area contributed by atoms with Crippen LogP contribution in [0.4, 0.5) is 0 Å². The van der Waals surface area contributed by atoms with E-state index in [0.717, 1.165) is 12.4 Å². The van der Waals surface area contributed by atoms with E-state index in [1.54, 1.807) is 0 Å². The Hall–Kier alpha value is -4.68. The summed E-state index contributed by atoms with van der Waals surface area (Å²) in [5.41, 5.74) is -0.455. The molecule has 300 valence electrons. The Kier molecular flexibility index (Phi) is 13.4. The molecule has 22 heteroatoms. The van der Waals surface area contributed by atoms with Crippen molar-refractivity contribution in [2.45, 2.75) is 61.4 Å². The predicted molar refractivity (Wildman–Crippen MR) is 186 cm³/mol. The van der Waals surface area contributed by atoms with Crippen molar-refractivity contribution < 1.29 is 89.2 Å². The smallest absolute Gasteiger partial charge is 0.344 e. The predicted octanol–water partition coefficient (Wildman–Crippen LogP) is -0.914. The normalized spacial score (nSPS) is 27.5. The quantitative estimate of drug-likeness (QED) is 0.0961. The van der Waals surface area contributed by atoms with Gasteiger partial charge in [-0.1, -0.05) is 35.3 Å². The maximum atomic E-state index is 12.6. The van der Waals surface area contributed by atoms with Gasteiger partial charge in [-0.25, -0.2) is 19.2 Å². The molecule has 0 spiro atoms. The van der Waals surface area contributed by atoms with Gasteiger partial charge in [0.25, 0.3) is 0 Å². The number of aromatic nitrogens is 2. The first-order valence-electron chi connectivity index (χ1n) is 16.1. The van der Waals surface area contributed by atoms with E-state index in [0.29, 0.717) is 10.8 Å². The number of esters is 2. The minimum absolute atomic E-state index is 0.0101. The van der Waals surface area contributed by atoms with Crippen molar-refractivity contribution in [1.82, 2.24) is 9.97 Å². The van der Waals surface area contributed by atoms with Crippen LogP contribution < -0.4 is 0 Å². The zero-order valence-corrected chi connectivity index (χ0v) is 29.7. The van der Waals surface area contributed by atoms with Crippen molar-refractivity contribution in [2.75, 3.05) is 13.2 Å². The Morgan fingerprint density at radius 2 is 1.02 bits per heavy atom. The number of halogens is 2. The Morgan fingerprint density at radius 3 is 1.48 bits per heavy atom. The summed E-state index contributed by atoms with van der Waals surface area (Å²) in [6, 6.07) is 8.26. The third-order valence-corrected chi connectivity index (χ3v) is 9.28. The van der Waals surface area contributed by atoms with E-state index >= 15 is 0 Å². The van der Waals surface area contributed by atoms with Crippen molar-refractivity contribution in [3.63, 3.8) is 0 Å². The van der Waals surface area contributed by atoms with Gasteiger partial charge in [0.05, 0.1) is 45.4 Å². The molecule has 0 bridgehead atoms. The van der Waals surface area contributed by atoms with Gasteiger partial charge in [-0.3, -0.25) is 9.97 Å². The molecular weight excluding hydrogens is 795 g/mol. The number of benzene rings is 2. The summed E-state index contributed by atoms with van der Waals surface area (Å²) in [5.74, 6) is -4.52. The summed E-state index contributed by atoms with van der Waals surface area (Å²) >= 11 is 11.9. The molecule has 4 heterocycles. The highest BCUT2D eigenvalue weighted by Crippen LogP contribution is 2.30. The van der Waals surface area contributed by atoms with Crippen molar-refractivity contribution in [3.8, 4) is 0 Å². The van der Waals surface area contributed by atoms with Crippen LogP contribution in [-0.4, -0.2) is 160 Å². The largest absolute Gasteiger partial charge is 0.478 e. The summed E-state index contributed by atoms with van der Waals surface area (Å²) in [7, 11) is 0. The number of hydrogen-bond donors (Lipinski definition) is 10. The Labute approximate surface area is 323 Å². The maximum Gasteiger partial charge on any atom is 0.344 e. The molecule has 0 unspecified atom stereocenters. The van der Waals surface area contributed by atoms with E-state index in [1.807, 2.05) is 0 Å². The minimum atomic E-state index is -1.78. The van der Waals surface area contributed by atoms with Gasteiger partial charge in [-0.05, 0) is 24.3 Å². The van der Waals surface area contributed by atoms with Crippen molar-refractivity contribution in [2.24, 2.45) is 0 Å². The first-order valence-corrected chi connectivity index (χ1v) is 16.9. The first kappa shape index (κ1) is 42.5. The Balaban J connectivity index is 0.000000214. The number of aromatic carboxylic acids is 2. The highest BCUT2D eigenvalue weighted by molar-refractivity contribution is 6.35. The van der Waals surface area contributed by atoms with E-state index in [1.165, 1.54) is 36.4 Å². The number of nitrogens with zero attached hydrogens (tertiary/aromatic N) is 2. The lowest BCUT2D eigenvalue weighted by atomic mass is 9.99. The second kappa shape index (κ2) is 17.6. The van der Waals surface area contributed by atoms with Crippen LogP contribution in [0.3, 0.4) is 0 Å². The van der Waals surface area contributed by atoms with Gasteiger partial charge in [0, 0.05) is 23.2 Å². The third kappa shape index (κ3) is 8.66. The van der Waals surface area contributed by atoms with E-state index in [-0.39, 0.29) is 43.3 Å². The number of carbonyl (C=O) groups excluding carboxylic acids is 2. The molecule has 10 atom stereocenters. The number of fused-ring (bicyclic) bond motifs is 2. The Bertz CT molecular complexity index is 2140. The molecule has 2 aliphatic rings. The molecular formula is C34H32Cl2N2O18. The average molecular weight is 828 g/mol. The van der Waals surface area contributed by atoms with Crippen LogP contribution in [0, 0.1) is 0 Å². The zero-order valence-electron chi connectivity index (χ0n) is 28.2. The van der Waals surface area contributed by atoms with Gasteiger partial charge in [-0.2, -0.15) is 0 Å². The summed E-state index contributed by atoms with van der Waals surface area (Å²) < 4.78 is 20.3. The fourth-order valence-corrected chi connectivity index (χ4v) is 6.11. The van der Waals surface area contributed by atoms with Gasteiger partial charge < -0.3 is 70.0 Å². The molecule has 2 aromatic carbocycles. The van der Waals surface area contributed by atoms with Gasteiger partial charge in [0.2, 0.25) is 12.6 Å². The number of hydrogen-bond acceptors (Lipinski definition) is 18. The highest BCUT2D eigenvalue weighted by atomic mass is 35.5. The molecule has 0 aliphatic carbocycles. The fraction of sp³-hybridized carbons (Fsp3) is 0.353. The van der Waals surface area contributed by atoms with Crippen molar-refractivity contribution >= 4 is 68.9 Å². The minimum Gasteiger partial charge on any atom is -0.478 e. The van der Waals surface area contributed by atoms with Gasteiger partial charge in [-0.15, -0.1) is 0 Å². The van der Waals surface area contributed by atoms with E-state index in [2.05, 4.69) is 9.97 Å². The number of aliphatic hydroxyl groups excluding tert-OH is 8. The van der Waals surface area contributed by atoms with E-state index < -0.39 is 98.5 Å². The van der Waals surface area contributed by atoms with Crippen LogP contribution in [0.5, 0.6) is 0 Å². The number of ether oxygens (including phenoxy) is 4. The summed E-state index contributed by atoms with van der Waals surface area (Å²) in [4.78, 5) is 55.3. The number of carbonyl (C=O) groups is 4. The van der Waals surface area contributed by atoms with Gasteiger partial charge in [0.1, 0.15) is 60.0 Å². The molecule has 56 heavy (non-hydrogen) atoms. The zero-order chi connectivity index (χ0) is 41.2. The van der Waals surface area contributed by atoms with Crippen molar-refractivity contribution in [1.29, 1.82) is 0 Å². The lowest BCUT2D eigenvalue weighted by molar-refractivity contribution is -0.285. The first-order chi connectivity index (χ1) is 26.5. The van der Waals surface area contributed by atoms with Crippen molar-refractivity contribution in [3.05, 3.63) is 81.1 Å². The lowest BCUT2D eigenvalue weighted by Gasteiger charge is -2.39. The number of pyridine rings is 2. The Morgan fingerprint density at radius 1 is 0.589 bits per heavy atom. The lowest BCUT2D eigenvalue weighted by Crippen LogP contribution is -2.59. The topological polar surface area (TPSA) is 333 Å². The van der Waals surface area contributed by atoms with Gasteiger partial charge >= 0.3 is 23.9 Å². The number of carboxylic acids is 2. The number of aliphatic hydroxyl groups is 8. The molecule has 6 rings (SSSR count). The molecule has 0 radical (unpaired) electrons. The summed E-state index contributed by atoms with van der Waals surface area (Å²) in [6.07, 6.45) is -13.8. The van der Waals surface area contributed by atoms with Crippen LogP contribution in [0.2, 0.25) is 10.0 Å². The molecule has 2 aliphatic heterocycles. The molecule has 2 saturated heterocycles. The van der Waals surface area contributed by atoms with E-state index in [9.17, 15) is 60.0 Å². The summed E-state index contributed by atoms with van der Waals surface area (Å²) in [6.45, 7) is -1.36. The van der Waals surface area contributed by atoms with Gasteiger partial charge in [0.15, 0.2) is 0 Å². The standard InChI is InChI=1S/2C17H16ClNO9/c18-8-2-1-6-3-7(4-19-11(6)10(8)15(24)25)16(26)28-17-14(23)13(22)12(21)9(5-20)27-17;18-8-2-1-6-3-7(15(24)25)4-19-11(6)10(8)16(26)28-17-14(23)13(22)12(21)9(5-20)27-17/h2*1-4,9,12-14,17,20-23H,5H2,(H,24,25)/t2*9-,12-,13+,14-,17+/m11/s1. The monoisotopic (exact) mass is 826 g/mol. The fourth-order valence-electron chi connectivity index (χ4n) is 5.65. The van der Waals surface area contributed by atoms with Crippen LogP contribution in [0.25, 0.3) is 21.8 Å². The maximum absolute atomic E-state index is 12.6. The molecule has 4 aromatic rings. The molecule has 2 aromatic heterocycles. The average Bonchev–Trinajstić information content (AvgIpc) is 3.17. The number of carboxylic acid groups (broad SMARTS) is 2. The van der Waals surface area contributed by atoms with Crippen LogP contribution in [-0.2, 0) is 18.9 Å². The molecule has 0 saturated carbocycles. The third-order valence-electron chi connectivity index (χ3n) is 8.65. The van der Waals surface area contributed by atoms with Crippen LogP contribution in [0.15, 0.2) is 48.8 Å². The SMILES string of the molecule is O=C(O)c1cnc2c(C(=O)O[C@@H]3O[C@H](CO)[C@@H](O)[C@H](O)[C@H]3O)c(Cl)ccc2c1.O=C(O[C@@H]1O[C@H](CO)[C@@H](O)[C@H](O)[C@H]1O)c1cnc2c(C(=O)O)c(Cl)ccc2c1. The molecule has 10 N–H and O–H groups in total.